The quantitative estimate of drug-likeness (QED) is 0.806. The predicted molar refractivity (Wildman–Crippen MR) is 94.9 cm³/mol. The SMILES string of the molecule is Cc1nc([C@H](C)NC(=O)N(CCCO)Cc2cccnc2)c(C)s1. The van der Waals surface area contributed by atoms with Crippen molar-refractivity contribution in [3.63, 3.8) is 0 Å². The van der Waals surface area contributed by atoms with E-state index in [2.05, 4.69) is 15.3 Å². The molecule has 0 aromatic carbocycles. The first kappa shape index (κ1) is 18.4. The minimum Gasteiger partial charge on any atom is -0.396 e. The molecule has 0 saturated carbocycles. The van der Waals surface area contributed by atoms with Gasteiger partial charge in [-0.25, -0.2) is 9.78 Å². The van der Waals surface area contributed by atoms with Crippen molar-refractivity contribution in [3.05, 3.63) is 45.7 Å². The number of rotatable bonds is 7. The molecule has 1 atom stereocenters. The summed E-state index contributed by atoms with van der Waals surface area (Å²) in [5.41, 5.74) is 1.87. The smallest absolute Gasteiger partial charge is 0.318 e. The highest BCUT2D eigenvalue weighted by Crippen LogP contribution is 2.22. The van der Waals surface area contributed by atoms with Crippen LogP contribution < -0.4 is 5.32 Å². The van der Waals surface area contributed by atoms with Gasteiger partial charge in [-0.1, -0.05) is 6.07 Å². The lowest BCUT2D eigenvalue weighted by Crippen LogP contribution is -2.41. The van der Waals surface area contributed by atoms with Crippen molar-refractivity contribution in [2.24, 2.45) is 0 Å². The standard InChI is InChI=1S/C17H24N4O2S/c1-12(16-13(2)24-14(3)20-16)19-17(23)21(8-5-9-22)11-15-6-4-7-18-10-15/h4,6-7,10,12,22H,5,8-9,11H2,1-3H3,(H,19,23)/t12-/m0/s1. The van der Waals surface area contributed by atoms with Crippen molar-refractivity contribution in [2.45, 2.75) is 39.8 Å². The van der Waals surface area contributed by atoms with Crippen LogP contribution in [0.25, 0.3) is 0 Å². The van der Waals surface area contributed by atoms with Crippen molar-refractivity contribution >= 4 is 17.4 Å². The molecule has 2 rings (SSSR count). The van der Waals surface area contributed by atoms with Gasteiger partial charge in [0.15, 0.2) is 0 Å². The number of nitrogens with zero attached hydrogens (tertiary/aromatic N) is 3. The summed E-state index contributed by atoms with van der Waals surface area (Å²) in [7, 11) is 0. The van der Waals surface area contributed by atoms with E-state index in [1.807, 2.05) is 32.9 Å². The zero-order valence-electron chi connectivity index (χ0n) is 14.3. The van der Waals surface area contributed by atoms with Crippen LogP contribution in [0.2, 0.25) is 0 Å². The molecule has 2 amide bonds. The van der Waals surface area contributed by atoms with Gasteiger partial charge >= 0.3 is 6.03 Å². The molecule has 2 N–H and O–H groups in total. The van der Waals surface area contributed by atoms with Gasteiger partial charge in [0.1, 0.15) is 0 Å². The van der Waals surface area contributed by atoms with E-state index in [1.165, 1.54) is 0 Å². The fourth-order valence-electron chi connectivity index (χ4n) is 2.52. The summed E-state index contributed by atoms with van der Waals surface area (Å²) in [5, 5.41) is 13.1. The Kier molecular flexibility index (Phi) is 6.69. The molecule has 0 aliphatic rings. The molecule has 2 aromatic heterocycles. The van der Waals surface area contributed by atoms with E-state index in [9.17, 15) is 4.79 Å². The van der Waals surface area contributed by atoms with Crippen molar-refractivity contribution < 1.29 is 9.90 Å². The minimum atomic E-state index is -0.162. The number of carbonyl (C=O) groups is 1. The van der Waals surface area contributed by atoms with E-state index >= 15 is 0 Å². The van der Waals surface area contributed by atoms with Crippen LogP contribution in [-0.4, -0.2) is 39.2 Å². The third-order valence-electron chi connectivity index (χ3n) is 3.66. The Morgan fingerprint density at radius 2 is 2.25 bits per heavy atom. The number of aliphatic hydroxyl groups excluding tert-OH is 1. The molecular weight excluding hydrogens is 324 g/mol. The molecule has 6 nitrogen and oxygen atoms in total. The normalized spacial score (nSPS) is 12.0. The molecule has 24 heavy (non-hydrogen) atoms. The molecule has 0 radical (unpaired) electrons. The maximum atomic E-state index is 12.6. The first-order chi connectivity index (χ1) is 11.5. The van der Waals surface area contributed by atoms with Crippen LogP contribution in [0.3, 0.4) is 0 Å². The Labute approximate surface area is 146 Å². The first-order valence-corrected chi connectivity index (χ1v) is 8.82. The lowest BCUT2D eigenvalue weighted by Gasteiger charge is -2.25. The van der Waals surface area contributed by atoms with Gasteiger partial charge in [-0.2, -0.15) is 0 Å². The van der Waals surface area contributed by atoms with E-state index in [0.29, 0.717) is 19.5 Å². The molecule has 7 heteroatoms. The zero-order chi connectivity index (χ0) is 17.5. The highest BCUT2D eigenvalue weighted by Gasteiger charge is 2.19. The highest BCUT2D eigenvalue weighted by molar-refractivity contribution is 7.11. The zero-order valence-corrected chi connectivity index (χ0v) is 15.1. The van der Waals surface area contributed by atoms with Crippen LogP contribution in [0.15, 0.2) is 24.5 Å². The molecule has 2 heterocycles. The van der Waals surface area contributed by atoms with Crippen molar-refractivity contribution in [1.82, 2.24) is 20.2 Å². The summed E-state index contributed by atoms with van der Waals surface area (Å²) in [6, 6.07) is 3.46. The van der Waals surface area contributed by atoms with Crippen molar-refractivity contribution in [2.75, 3.05) is 13.2 Å². The number of hydrogen-bond donors (Lipinski definition) is 2. The van der Waals surface area contributed by atoms with Gasteiger partial charge in [-0.05, 0) is 38.8 Å². The number of aromatic nitrogens is 2. The number of nitrogens with one attached hydrogen (secondary N) is 1. The summed E-state index contributed by atoms with van der Waals surface area (Å²) in [4.78, 5) is 24.0. The summed E-state index contributed by atoms with van der Waals surface area (Å²) >= 11 is 1.63. The predicted octanol–water partition coefficient (Wildman–Crippen LogP) is 2.81. The number of aliphatic hydroxyl groups is 1. The van der Waals surface area contributed by atoms with Gasteiger partial charge in [-0.3, -0.25) is 4.98 Å². The van der Waals surface area contributed by atoms with Crippen LogP contribution in [0, 0.1) is 13.8 Å². The van der Waals surface area contributed by atoms with Crippen LogP contribution in [-0.2, 0) is 6.54 Å². The Hall–Kier alpha value is -1.99. The van der Waals surface area contributed by atoms with E-state index in [-0.39, 0.29) is 18.7 Å². The topological polar surface area (TPSA) is 78.4 Å². The average molecular weight is 348 g/mol. The third-order valence-corrected chi connectivity index (χ3v) is 4.56. The summed E-state index contributed by atoms with van der Waals surface area (Å²) in [5.74, 6) is 0. The molecule has 0 aliphatic heterocycles. The second kappa shape index (κ2) is 8.75. The van der Waals surface area contributed by atoms with Gasteiger partial charge < -0.3 is 15.3 Å². The second-order valence-electron chi connectivity index (χ2n) is 5.71. The van der Waals surface area contributed by atoms with E-state index in [1.54, 1.807) is 28.6 Å². The number of pyridine rings is 1. The van der Waals surface area contributed by atoms with E-state index < -0.39 is 0 Å². The molecule has 0 unspecified atom stereocenters. The van der Waals surface area contributed by atoms with Crippen LogP contribution in [0.4, 0.5) is 4.79 Å². The first-order valence-electron chi connectivity index (χ1n) is 8.00. The molecule has 0 bridgehead atoms. The lowest BCUT2D eigenvalue weighted by atomic mass is 10.2. The van der Waals surface area contributed by atoms with E-state index in [4.69, 9.17) is 5.11 Å². The summed E-state index contributed by atoms with van der Waals surface area (Å²) < 4.78 is 0. The fraction of sp³-hybridized carbons (Fsp3) is 0.471. The Morgan fingerprint density at radius 3 is 2.83 bits per heavy atom. The number of amides is 2. The Bertz CT molecular complexity index is 660. The van der Waals surface area contributed by atoms with Gasteiger partial charge in [-0.15, -0.1) is 11.3 Å². The minimum absolute atomic E-state index is 0.0523. The molecule has 0 saturated heterocycles. The number of thiazole rings is 1. The number of urea groups is 1. The maximum absolute atomic E-state index is 12.6. The number of carbonyl (C=O) groups excluding carboxylic acids is 1. The van der Waals surface area contributed by atoms with Gasteiger partial charge in [0.05, 0.1) is 16.7 Å². The third kappa shape index (κ3) is 5.01. The molecular formula is C17H24N4O2S. The molecule has 2 aromatic rings. The number of aryl methyl sites for hydroxylation is 2. The molecule has 0 aliphatic carbocycles. The highest BCUT2D eigenvalue weighted by atomic mass is 32.1. The van der Waals surface area contributed by atoms with Crippen LogP contribution in [0.1, 0.15) is 40.5 Å². The van der Waals surface area contributed by atoms with Gasteiger partial charge in [0, 0.05) is 37.0 Å². The second-order valence-corrected chi connectivity index (χ2v) is 7.11. The molecule has 0 spiro atoms. The largest absolute Gasteiger partial charge is 0.396 e. The van der Waals surface area contributed by atoms with Crippen LogP contribution in [0.5, 0.6) is 0 Å². The number of hydrogen-bond acceptors (Lipinski definition) is 5. The maximum Gasteiger partial charge on any atom is 0.318 e. The van der Waals surface area contributed by atoms with Crippen LogP contribution >= 0.6 is 11.3 Å². The monoisotopic (exact) mass is 348 g/mol. The summed E-state index contributed by atoms with van der Waals surface area (Å²) in [6.07, 6.45) is 3.99. The fourth-order valence-corrected chi connectivity index (χ4v) is 3.43. The average Bonchev–Trinajstić information content (AvgIpc) is 2.90. The Morgan fingerprint density at radius 1 is 1.46 bits per heavy atom. The summed E-state index contributed by atoms with van der Waals surface area (Å²) in [6.45, 7) is 6.92. The lowest BCUT2D eigenvalue weighted by molar-refractivity contribution is 0.183. The van der Waals surface area contributed by atoms with Crippen molar-refractivity contribution in [1.29, 1.82) is 0 Å². The molecule has 130 valence electrons. The Balaban J connectivity index is 2.05. The molecule has 0 fully saturated rings. The van der Waals surface area contributed by atoms with Crippen molar-refractivity contribution in [3.8, 4) is 0 Å². The van der Waals surface area contributed by atoms with E-state index in [0.717, 1.165) is 21.1 Å². The van der Waals surface area contributed by atoms with Gasteiger partial charge in [0.25, 0.3) is 0 Å². The van der Waals surface area contributed by atoms with Gasteiger partial charge in [0.2, 0.25) is 0 Å².